The zero-order chi connectivity index (χ0) is 13.9. The van der Waals surface area contributed by atoms with Crippen LogP contribution in [0.15, 0.2) is 48.5 Å². The second-order valence-electron chi connectivity index (χ2n) is 4.35. The van der Waals surface area contributed by atoms with E-state index in [0.717, 1.165) is 11.3 Å². The molecule has 2 N–H and O–H groups in total. The number of para-hydroxylation sites is 1. The van der Waals surface area contributed by atoms with Crippen molar-refractivity contribution in [2.45, 2.75) is 6.92 Å². The van der Waals surface area contributed by atoms with E-state index in [0.29, 0.717) is 11.4 Å². The van der Waals surface area contributed by atoms with Gasteiger partial charge in [0.15, 0.2) is 5.75 Å². The smallest absolute Gasteiger partial charge is 0.345 e. The number of rotatable bonds is 3. The van der Waals surface area contributed by atoms with E-state index >= 15 is 0 Å². The molecule has 100 valence electrons. The predicted octanol–water partition coefficient (Wildman–Crippen LogP) is 2.35. The molecule has 2 aromatic carbocycles. The minimum absolute atomic E-state index is 0.272. The molecule has 0 amide bonds. The van der Waals surface area contributed by atoms with E-state index in [1.807, 2.05) is 49.4 Å². The molecule has 6 nitrogen and oxygen atoms in total. The summed E-state index contributed by atoms with van der Waals surface area (Å²) in [4.78, 5) is 0. The number of nitrogens with two attached hydrogens (primary N) is 1. The first-order valence-corrected chi connectivity index (χ1v) is 6.12. The molecule has 0 saturated heterocycles. The lowest BCUT2D eigenvalue weighted by atomic mass is 10.2. The van der Waals surface area contributed by atoms with Gasteiger partial charge in [0, 0.05) is 0 Å². The average Bonchev–Trinajstić information content (AvgIpc) is 2.92. The molecule has 0 radical (unpaired) electrons. The number of tetrazole rings is 1. The maximum Gasteiger partial charge on any atom is 0.345 e. The molecule has 6 heteroatoms. The summed E-state index contributed by atoms with van der Waals surface area (Å²) in [5, 5.41) is 11.5. The van der Waals surface area contributed by atoms with Gasteiger partial charge in [-0.15, -0.1) is 0 Å². The summed E-state index contributed by atoms with van der Waals surface area (Å²) in [5.74, 6) is 0.539. The van der Waals surface area contributed by atoms with Gasteiger partial charge in [0.05, 0.1) is 11.4 Å². The predicted molar refractivity (Wildman–Crippen MR) is 74.8 cm³/mol. The molecule has 0 spiro atoms. The van der Waals surface area contributed by atoms with Crippen molar-refractivity contribution in [1.82, 2.24) is 20.2 Å². The number of nitrogens with zero attached hydrogens (tertiary/aromatic N) is 4. The van der Waals surface area contributed by atoms with Gasteiger partial charge in [-0.25, -0.2) is 0 Å². The topological polar surface area (TPSA) is 78.8 Å². The van der Waals surface area contributed by atoms with Crippen molar-refractivity contribution >= 4 is 5.69 Å². The van der Waals surface area contributed by atoms with Crippen LogP contribution in [0.1, 0.15) is 5.56 Å². The van der Waals surface area contributed by atoms with Crippen molar-refractivity contribution in [3.8, 4) is 17.4 Å². The molecule has 0 bridgehead atoms. The normalized spacial score (nSPS) is 10.4. The van der Waals surface area contributed by atoms with Crippen LogP contribution in [0.25, 0.3) is 5.69 Å². The van der Waals surface area contributed by atoms with E-state index in [4.69, 9.17) is 10.5 Å². The number of aromatic nitrogens is 4. The van der Waals surface area contributed by atoms with E-state index in [1.165, 1.54) is 4.68 Å². The third-order valence-electron chi connectivity index (χ3n) is 2.81. The minimum atomic E-state index is 0.272. The lowest BCUT2D eigenvalue weighted by Crippen LogP contribution is -2.01. The summed E-state index contributed by atoms with van der Waals surface area (Å²) >= 11 is 0. The van der Waals surface area contributed by atoms with Gasteiger partial charge in [0.25, 0.3) is 0 Å². The Labute approximate surface area is 115 Å². The van der Waals surface area contributed by atoms with Crippen LogP contribution < -0.4 is 10.5 Å². The van der Waals surface area contributed by atoms with E-state index in [9.17, 15) is 0 Å². The van der Waals surface area contributed by atoms with Crippen molar-refractivity contribution in [3.63, 3.8) is 0 Å². The van der Waals surface area contributed by atoms with Crippen molar-refractivity contribution < 1.29 is 4.74 Å². The molecule has 0 aliphatic heterocycles. The van der Waals surface area contributed by atoms with Crippen LogP contribution in [0, 0.1) is 6.92 Å². The maximum absolute atomic E-state index is 5.89. The molecular weight excluding hydrogens is 254 g/mol. The Balaban J connectivity index is 1.97. The fourth-order valence-electron chi connectivity index (χ4n) is 1.80. The Morgan fingerprint density at radius 1 is 1.10 bits per heavy atom. The van der Waals surface area contributed by atoms with Gasteiger partial charge < -0.3 is 10.5 Å². The first kappa shape index (κ1) is 12.2. The van der Waals surface area contributed by atoms with E-state index in [1.54, 1.807) is 6.07 Å². The zero-order valence-electron chi connectivity index (χ0n) is 10.9. The van der Waals surface area contributed by atoms with Crippen molar-refractivity contribution in [3.05, 3.63) is 54.1 Å². The van der Waals surface area contributed by atoms with Crippen molar-refractivity contribution in [2.75, 3.05) is 5.73 Å². The molecule has 0 saturated carbocycles. The number of aryl methyl sites for hydroxylation is 1. The lowest BCUT2D eigenvalue weighted by molar-refractivity contribution is 0.429. The quantitative estimate of drug-likeness (QED) is 0.737. The summed E-state index contributed by atoms with van der Waals surface area (Å²) < 4.78 is 7.23. The van der Waals surface area contributed by atoms with Crippen molar-refractivity contribution in [1.29, 1.82) is 0 Å². The standard InChI is InChI=1S/C14H13N5O/c1-10-7-8-12(15)13(9-10)20-14-16-17-18-19(14)11-5-3-2-4-6-11/h2-9H,15H2,1H3. The summed E-state index contributed by atoms with van der Waals surface area (Å²) in [6.07, 6.45) is 0. The lowest BCUT2D eigenvalue weighted by Gasteiger charge is -2.08. The van der Waals surface area contributed by atoms with Gasteiger partial charge in [-0.05, 0) is 47.2 Å². The Morgan fingerprint density at radius 2 is 1.90 bits per heavy atom. The monoisotopic (exact) mass is 267 g/mol. The van der Waals surface area contributed by atoms with Gasteiger partial charge in [-0.3, -0.25) is 0 Å². The molecule has 1 aromatic heterocycles. The Bertz CT molecular complexity index is 723. The van der Waals surface area contributed by atoms with Gasteiger partial charge >= 0.3 is 6.01 Å². The summed E-state index contributed by atoms with van der Waals surface area (Å²) in [6, 6.07) is 15.3. The average molecular weight is 267 g/mol. The van der Waals surface area contributed by atoms with Crippen LogP contribution >= 0.6 is 0 Å². The Kier molecular flexibility index (Phi) is 3.04. The van der Waals surface area contributed by atoms with E-state index in [-0.39, 0.29) is 6.01 Å². The number of hydrogen-bond donors (Lipinski definition) is 1. The summed E-state index contributed by atoms with van der Waals surface area (Å²) in [6.45, 7) is 1.96. The third kappa shape index (κ3) is 2.31. The molecule has 0 aliphatic carbocycles. The fourth-order valence-corrected chi connectivity index (χ4v) is 1.80. The summed E-state index contributed by atoms with van der Waals surface area (Å²) in [5.41, 5.74) is 8.30. The molecule has 0 unspecified atom stereocenters. The second-order valence-corrected chi connectivity index (χ2v) is 4.35. The molecule has 0 aliphatic rings. The molecule has 0 fully saturated rings. The number of anilines is 1. The highest BCUT2D eigenvalue weighted by Gasteiger charge is 2.12. The highest BCUT2D eigenvalue weighted by atomic mass is 16.5. The van der Waals surface area contributed by atoms with Gasteiger partial charge in [0.1, 0.15) is 0 Å². The Hall–Kier alpha value is -2.89. The Morgan fingerprint density at radius 3 is 2.70 bits per heavy atom. The first-order chi connectivity index (χ1) is 9.74. The summed E-state index contributed by atoms with van der Waals surface area (Å²) in [7, 11) is 0. The van der Waals surface area contributed by atoms with Gasteiger partial charge in [-0.1, -0.05) is 29.4 Å². The van der Waals surface area contributed by atoms with Crippen LogP contribution in [-0.2, 0) is 0 Å². The highest BCUT2D eigenvalue weighted by Crippen LogP contribution is 2.27. The second kappa shape index (κ2) is 5.00. The molecule has 3 aromatic rings. The largest absolute Gasteiger partial charge is 0.421 e. The van der Waals surface area contributed by atoms with Crippen LogP contribution in [0.4, 0.5) is 5.69 Å². The molecule has 0 atom stereocenters. The number of benzene rings is 2. The molecule has 20 heavy (non-hydrogen) atoms. The van der Waals surface area contributed by atoms with Gasteiger partial charge in [0.2, 0.25) is 0 Å². The molecule has 3 rings (SSSR count). The first-order valence-electron chi connectivity index (χ1n) is 6.12. The highest BCUT2D eigenvalue weighted by molar-refractivity contribution is 5.54. The fraction of sp³-hybridized carbons (Fsp3) is 0.0714. The number of nitrogen functional groups attached to an aromatic ring is 1. The molecule has 1 heterocycles. The van der Waals surface area contributed by atoms with Crippen molar-refractivity contribution in [2.24, 2.45) is 0 Å². The van der Waals surface area contributed by atoms with Crippen LogP contribution in [-0.4, -0.2) is 20.2 Å². The van der Waals surface area contributed by atoms with Crippen LogP contribution in [0.5, 0.6) is 11.8 Å². The van der Waals surface area contributed by atoms with E-state index in [2.05, 4.69) is 15.5 Å². The zero-order valence-corrected chi connectivity index (χ0v) is 10.9. The van der Waals surface area contributed by atoms with Crippen LogP contribution in [0.2, 0.25) is 0 Å². The van der Waals surface area contributed by atoms with Gasteiger partial charge in [-0.2, -0.15) is 4.68 Å². The maximum atomic E-state index is 5.89. The number of ether oxygens (including phenoxy) is 1. The minimum Gasteiger partial charge on any atom is -0.421 e. The van der Waals surface area contributed by atoms with Crippen LogP contribution in [0.3, 0.4) is 0 Å². The number of hydrogen-bond acceptors (Lipinski definition) is 5. The molecular formula is C14H13N5O. The van der Waals surface area contributed by atoms with E-state index < -0.39 is 0 Å². The third-order valence-corrected chi connectivity index (χ3v) is 2.81. The SMILES string of the molecule is Cc1ccc(N)c(Oc2nnnn2-c2ccccc2)c1.